The van der Waals surface area contributed by atoms with Crippen molar-refractivity contribution in [2.45, 2.75) is 6.42 Å². The SMILES string of the molecule is O=C(c1ccsc1)N1CCCN(C(=O)C2CNC2)CC1. The van der Waals surface area contributed by atoms with Crippen LogP contribution in [0, 0.1) is 5.92 Å². The van der Waals surface area contributed by atoms with Crippen LogP contribution in [0.15, 0.2) is 16.8 Å². The van der Waals surface area contributed by atoms with Crippen molar-refractivity contribution in [2.75, 3.05) is 39.3 Å². The molecule has 0 spiro atoms. The number of amides is 2. The molecule has 5 nitrogen and oxygen atoms in total. The van der Waals surface area contributed by atoms with Crippen LogP contribution >= 0.6 is 11.3 Å². The second kappa shape index (κ2) is 5.93. The van der Waals surface area contributed by atoms with E-state index in [0.29, 0.717) is 13.1 Å². The van der Waals surface area contributed by atoms with Crippen molar-refractivity contribution in [3.8, 4) is 0 Å². The van der Waals surface area contributed by atoms with Crippen molar-refractivity contribution in [2.24, 2.45) is 5.92 Å². The molecule has 6 heteroatoms. The largest absolute Gasteiger partial charge is 0.341 e. The van der Waals surface area contributed by atoms with Crippen molar-refractivity contribution in [1.29, 1.82) is 0 Å². The fourth-order valence-electron chi connectivity index (χ4n) is 2.63. The number of thiophene rings is 1. The van der Waals surface area contributed by atoms with Crippen LogP contribution in [0.4, 0.5) is 0 Å². The fraction of sp³-hybridized carbons (Fsp3) is 0.571. The molecule has 0 aliphatic carbocycles. The molecule has 2 amide bonds. The van der Waals surface area contributed by atoms with E-state index in [1.165, 1.54) is 11.3 Å². The first-order valence-electron chi connectivity index (χ1n) is 7.06. The highest BCUT2D eigenvalue weighted by Gasteiger charge is 2.30. The molecule has 3 heterocycles. The van der Waals surface area contributed by atoms with Crippen molar-refractivity contribution in [1.82, 2.24) is 15.1 Å². The van der Waals surface area contributed by atoms with Crippen LogP contribution in [0.1, 0.15) is 16.8 Å². The summed E-state index contributed by atoms with van der Waals surface area (Å²) in [6.45, 7) is 4.40. The number of rotatable bonds is 2. The van der Waals surface area contributed by atoms with Gasteiger partial charge in [0.2, 0.25) is 5.91 Å². The highest BCUT2D eigenvalue weighted by atomic mass is 32.1. The third-order valence-electron chi connectivity index (χ3n) is 3.99. The van der Waals surface area contributed by atoms with Crippen molar-refractivity contribution in [3.05, 3.63) is 22.4 Å². The number of nitrogens with one attached hydrogen (secondary N) is 1. The fourth-order valence-corrected chi connectivity index (χ4v) is 3.26. The van der Waals surface area contributed by atoms with Gasteiger partial charge in [0.05, 0.1) is 11.5 Å². The quantitative estimate of drug-likeness (QED) is 0.871. The normalized spacial score (nSPS) is 20.4. The second-order valence-electron chi connectivity index (χ2n) is 5.34. The van der Waals surface area contributed by atoms with E-state index in [2.05, 4.69) is 5.32 Å². The Balaban J connectivity index is 1.59. The van der Waals surface area contributed by atoms with Gasteiger partial charge in [0.25, 0.3) is 5.91 Å². The third kappa shape index (κ3) is 2.71. The lowest BCUT2D eigenvalue weighted by atomic mass is 10.0. The Morgan fingerprint density at radius 1 is 1.15 bits per heavy atom. The zero-order valence-corrected chi connectivity index (χ0v) is 12.2. The summed E-state index contributed by atoms with van der Waals surface area (Å²) >= 11 is 1.54. The highest BCUT2D eigenvalue weighted by molar-refractivity contribution is 7.08. The molecule has 1 N–H and O–H groups in total. The molecule has 0 aromatic carbocycles. The van der Waals surface area contributed by atoms with Gasteiger partial charge in [0, 0.05) is 44.6 Å². The summed E-state index contributed by atoms with van der Waals surface area (Å²) in [5.41, 5.74) is 0.762. The summed E-state index contributed by atoms with van der Waals surface area (Å²) in [6, 6.07) is 1.86. The number of hydrogen-bond donors (Lipinski definition) is 1. The highest BCUT2D eigenvalue weighted by Crippen LogP contribution is 2.14. The minimum atomic E-state index is 0.0888. The predicted octanol–water partition coefficient (Wildman–Crippen LogP) is 0.642. The maximum Gasteiger partial charge on any atom is 0.254 e. The Morgan fingerprint density at radius 3 is 2.55 bits per heavy atom. The maximum atomic E-state index is 12.3. The van der Waals surface area contributed by atoms with Gasteiger partial charge >= 0.3 is 0 Å². The maximum absolute atomic E-state index is 12.3. The number of carbonyl (C=O) groups is 2. The van der Waals surface area contributed by atoms with E-state index < -0.39 is 0 Å². The molecule has 2 fully saturated rings. The summed E-state index contributed by atoms with van der Waals surface area (Å²) in [4.78, 5) is 28.3. The molecule has 2 aliphatic rings. The average Bonchev–Trinajstić information content (AvgIpc) is 2.80. The van der Waals surface area contributed by atoms with Crippen LogP contribution in [-0.2, 0) is 4.79 Å². The predicted molar refractivity (Wildman–Crippen MR) is 77.8 cm³/mol. The lowest BCUT2D eigenvalue weighted by Gasteiger charge is -2.31. The third-order valence-corrected chi connectivity index (χ3v) is 4.68. The van der Waals surface area contributed by atoms with Crippen LogP contribution in [0.3, 0.4) is 0 Å². The van der Waals surface area contributed by atoms with Crippen LogP contribution in [-0.4, -0.2) is 60.9 Å². The first-order valence-corrected chi connectivity index (χ1v) is 8.01. The van der Waals surface area contributed by atoms with Crippen molar-refractivity contribution >= 4 is 23.2 Å². The van der Waals surface area contributed by atoms with E-state index in [1.54, 1.807) is 0 Å². The minimum Gasteiger partial charge on any atom is -0.341 e. The van der Waals surface area contributed by atoms with Crippen molar-refractivity contribution in [3.63, 3.8) is 0 Å². The van der Waals surface area contributed by atoms with Crippen LogP contribution in [0.2, 0.25) is 0 Å². The summed E-state index contributed by atoms with van der Waals surface area (Å²) in [7, 11) is 0. The Bertz CT molecular complexity index is 485. The van der Waals surface area contributed by atoms with E-state index in [4.69, 9.17) is 0 Å². The molecule has 2 saturated heterocycles. The lowest BCUT2D eigenvalue weighted by molar-refractivity contribution is -0.136. The molecule has 2 aliphatic heterocycles. The Kier molecular flexibility index (Phi) is 4.03. The first-order chi connectivity index (χ1) is 9.75. The number of nitrogens with zero attached hydrogens (tertiary/aromatic N) is 2. The van der Waals surface area contributed by atoms with Gasteiger partial charge in [-0.1, -0.05) is 0 Å². The van der Waals surface area contributed by atoms with Gasteiger partial charge in [-0.15, -0.1) is 0 Å². The smallest absolute Gasteiger partial charge is 0.254 e. The Labute approximate surface area is 122 Å². The van der Waals surface area contributed by atoms with Crippen LogP contribution in [0.5, 0.6) is 0 Å². The molecule has 20 heavy (non-hydrogen) atoms. The summed E-state index contributed by atoms with van der Waals surface area (Å²) in [5, 5.41) is 6.94. The molecular formula is C14H19N3O2S. The summed E-state index contributed by atoms with van der Waals surface area (Å²) in [5.74, 6) is 0.480. The van der Waals surface area contributed by atoms with E-state index in [9.17, 15) is 9.59 Å². The number of carbonyl (C=O) groups excluding carboxylic acids is 2. The van der Waals surface area contributed by atoms with E-state index in [1.807, 2.05) is 26.6 Å². The van der Waals surface area contributed by atoms with Gasteiger partial charge < -0.3 is 15.1 Å². The Hall–Kier alpha value is -1.40. The van der Waals surface area contributed by atoms with Crippen LogP contribution in [0.25, 0.3) is 0 Å². The monoisotopic (exact) mass is 293 g/mol. The summed E-state index contributed by atoms with van der Waals surface area (Å²) < 4.78 is 0. The van der Waals surface area contributed by atoms with E-state index in [-0.39, 0.29) is 17.7 Å². The van der Waals surface area contributed by atoms with Gasteiger partial charge in [0.1, 0.15) is 0 Å². The molecule has 0 unspecified atom stereocenters. The molecule has 0 bridgehead atoms. The molecule has 0 radical (unpaired) electrons. The molecule has 0 saturated carbocycles. The topological polar surface area (TPSA) is 52.7 Å². The zero-order chi connectivity index (χ0) is 13.9. The van der Waals surface area contributed by atoms with Crippen LogP contribution < -0.4 is 5.32 Å². The van der Waals surface area contributed by atoms with E-state index >= 15 is 0 Å². The average molecular weight is 293 g/mol. The van der Waals surface area contributed by atoms with Crippen molar-refractivity contribution < 1.29 is 9.59 Å². The first kappa shape index (κ1) is 13.6. The molecule has 1 aromatic heterocycles. The molecule has 0 atom stereocenters. The van der Waals surface area contributed by atoms with Gasteiger partial charge in [-0.3, -0.25) is 9.59 Å². The second-order valence-corrected chi connectivity index (χ2v) is 6.12. The molecule has 3 rings (SSSR count). The summed E-state index contributed by atoms with van der Waals surface area (Å²) in [6.07, 6.45) is 0.863. The Morgan fingerprint density at radius 2 is 1.90 bits per heavy atom. The molecule has 1 aromatic rings. The molecule has 108 valence electrons. The van der Waals surface area contributed by atoms with Gasteiger partial charge in [0.15, 0.2) is 0 Å². The van der Waals surface area contributed by atoms with Gasteiger partial charge in [-0.25, -0.2) is 0 Å². The minimum absolute atomic E-state index is 0.0888. The lowest BCUT2D eigenvalue weighted by Crippen LogP contribution is -2.52. The standard InChI is InChI=1S/C14H19N3O2S/c18-13(11-2-7-20-10-11)16-3-1-4-17(6-5-16)14(19)12-8-15-9-12/h2,7,10,12,15H,1,3-6,8-9H2. The van der Waals surface area contributed by atoms with E-state index in [0.717, 1.165) is 38.2 Å². The zero-order valence-electron chi connectivity index (χ0n) is 11.4. The number of hydrogen-bond acceptors (Lipinski definition) is 4. The molecular weight excluding hydrogens is 274 g/mol. The van der Waals surface area contributed by atoms with Gasteiger partial charge in [-0.05, 0) is 17.9 Å². The van der Waals surface area contributed by atoms with Gasteiger partial charge in [-0.2, -0.15) is 11.3 Å².